The average molecular weight is 363 g/mol. The van der Waals surface area contributed by atoms with Crippen LogP contribution in [0.4, 0.5) is 11.4 Å². The van der Waals surface area contributed by atoms with Gasteiger partial charge < -0.3 is 4.74 Å². The van der Waals surface area contributed by atoms with E-state index in [1.165, 1.54) is 0 Å². The van der Waals surface area contributed by atoms with Crippen LogP contribution in [0.2, 0.25) is 0 Å². The monoisotopic (exact) mass is 363 g/mol. The van der Waals surface area contributed by atoms with Gasteiger partial charge in [0, 0.05) is 3.57 Å². The third-order valence-electron chi connectivity index (χ3n) is 2.42. The van der Waals surface area contributed by atoms with E-state index in [2.05, 4.69) is 38.9 Å². The molecule has 2 aromatic rings. The summed E-state index contributed by atoms with van der Waals surface area (Å²) in [5.41, 5.74) is 2.11. The van der Waals surface area contributed by atoms with Crippen molar-refractivity contribution in [3.05, 3.63) is 51.6 Å². The summed E-state index contributed by atoms with van der Waals surface area (Å²) in [6, 6.07) is 14.6. The summed E-state index contributed by atoms with van der Waals surface area (Å²) in [5.74, 6) is 0.793. The number of nitrogens with zero attached hydrogens (tertiary/aromatic N) is 3. The van der Waals surface area contributed by atoms with Gasteiger partial charge in [-0.15, -0.1) is 5.11 Å². The highest BCUT2D eigenvalue weighted by molar-refractivity contribution is 14.1. The molecular formula is C14H10IN3O. The van der Waals surface area contributed by atoms with Crippen LogP contribution in [0, 0.1) is 14.9 Å². The fourth-order valence-electron chi connectivity index (χ4n) is 1.41. The van der Waals surface area contributed by atoms with E-state index in [9.17, 15) is 0 Å². The molecule has 2 rings (SSSR count). The molecule has 0 bridgehead atoms. The lowest BCUT2D eigenvalue weighted by atomic mass is 10.2. The molecule has 0 saturated heterocycles. The molecule has 0 aliphatic rings. The highest BCUT2D eigenvalue weighted by Gasteiger charge is 2.00. The summed E-state index contributed by atoms with van der Waals surface area (Å²) in [6.45, 7) is 0. The smallest absolute Gasteiger partial charge is 0.120 e. The number of halogens is 1. The van der Waals surface area contributed by atoms with E-state index in [1.807, 2.05) is 18.2 Å². The number of nitriles is 1. The Labute approximate surface area is 124 Å². The van der Waals surface area contributed by atoms with Crippen molar-refractivity contribution in [1.82, 2.24) is 0 Å². The molecule has 0 aliphatic carbocycles. The second kappa shape index (κ2) is 6.29. The van der Waals surface area contributed by atoms with E-state index in [1.54, 1.807) is 31.4 Å². The number of rotatable bonds is 3. The SMILES string of the molecule is COc1ccc(N=Nc2ccc(C#N)cc2)c(I)c1. The van der Waals surface area contributed by atoms with Crippen LogP contribution >= 0.6 is 22.6 Å². The summed E-state index contributed by atoms with van der Waals surface area (Å²) in [7, 11) is 1.63. The molecule has 0 amide bonds. The Hall–Kier alpha value is -1.94. The van der Waals surface area contributed by atoms with Gasteiger partial charge in [-0.05, 0) is 65.1 Å². The number of ether oxygens (including phenoxy) is 1. The van der Waals surface area contributed by atoms with E-state index in [0.29, 0.717) is 11.3 Å². The minimum absolute atomic E-state index is 0.609. The zero-order valence-electron chi connectivity index (χ0n) is 10.2. The molecule has 0 radical (unpaired) electrons. The molecule has 0 spiro atoms. The molecule has 4 nitrogen and oxygen atoms in total. The van der Waals surface area contributed by atoms with Gasteiger partial charge in [-0.25, -0.2) is 0 Å². The van der Waals surface area contributed by atoms with E-state index < -0.39 is 0 Å². The second-order valence-corrected chi connectivity index (χ2v) is 4.84. The van der Waals surface area contributed by atoms with Crippen LogP contribution in [-0.4, -0.2) is 7.11 Å². The number of benzene rings is 2. The van der Waals surface area contributed by atoms with Crippen molar-refractivity contribution in [3.63, 3.8) is 0 Å². The summed E-state index contributed by atoms with van der Waals surface area (Å²) in [5, 5.41) is 17.0. The normalized spacial score (nSPS) is 10.4. The lowest BCUT2D eigenvalue weighted by Crippen LogP contribution is -1.82. The molecule has 5 heteroatoms. The minimum Gasteiger partial charge on any atom is -0.497 e. The van der Waals surface area contributed by atoms with E-state index in [4.69, 9.17) is 10.00 Å². The predicted octanol–water partition coefficient (Wildman–Crippen LogP) is 4.59. The van der Waals surface area contributed by atoms with Crippen molar-refractivity contribution in [3.8, 4) is 11.8 Å². The molecule has 0 heterocycles. The summed E-state index contributed by atoms with van der Waals surface area (Å²) >= 11 is 2.19. The van der Waals surface area contributed by atoms with Gasteiger partial charge in [-0.2, -0.15) is 10.4 Å². The minimum atomic E-state index is 0.609. The van der Waals surface area contributed by atoms with Crippen molar-refractivity contribution >= 4 is 34.0 Å². The Morgan fingerprint density at radius 3 is 2.42 bits per heavy atom. The first kappa shape index (κ1) is 13.5. The topological polar surface area (TPSA) is 57.7 Å². The van der Waals surface area contributed by atoms with Crippen molar-refractivity contribution in [1.29, 1.82) is 5.26 Å². The Morgan fingerprint density at radius 2 is 1.84 bits per heavy atom. The maximum Gasteiger partial charge on any atom is 0.120 e. The van der Waals surface area contributed by atoms with Crippen LogP contribution < -0.4 is 4.74 Å². The quantitative estimate of drug-likeness (QED) is 0.592. The maximum absolute atomic E-state index is 8.71. The van der Waals surface area contributed by atoms with Crippen molar-refractivity contribution in [2.24, 2.45) is 10.2 Å². The lowest BCUT2D eigenvalue weighted by Gasteiger charge is -2.01. The van der Waals surface area contributed by atoms with Gasteiger partial charge in [0.1, 0.15) is 5.75 Å². The molecule has 0 aromatic heterocycles. The molecule has 94 valence electrons. The number of hydrogen-bond acceptors (Lipinski definition) is 4. The fourth-order valence-corrected chi connectivity index (χ4v) is 2.00. The van der Waals surface area contributed by atoms with Gasteiger partial charge in [0.15, 0.2) is 0 Å². The van der Waals surface area contributed by atoms with E-state index in [0.717, 1.165) is 15.0 Å². The average Bonchev–Trinajstić information content (AvgIpc) is 2.46. The Kier molecular flexibility index (Phi) is 4.47. The van der Waals surface area contributed by atoms with Gasteiger partial charge in [-0.1, -0.05) is 0 Å². The van der Waals surface area contributed by atoms with Crippen molar-refractivity contribution in [2.45, 2.75) is 0 Å². The first-order chi connectivity index (χ1) is 9.22. The van der Waals surface area contributed by atoms with Gasteiger partial charge in [0.25, 0.3) is 0 Å². The van der Waals surface area contributed by atoms with Crippen molar-refractivity contribution in [2.75, 3.05) is 7.11 Å². The Bertz CT molecular complexity index is 645. The van der Waals surface area contributed by atoms with Crippen LogP contribution in [0.25, 0.3) is 0 Å². The summed E-state index contributed by atoms with van der Waals surface area (Å²) in [4.78, 5) is 0. The highest BCUT2D eigenvalue weighted by Crippen LogP contribution is 2.27. The highest BCUT2D eigenvalue weighted by atomic mass is 127. The molecule has 0 aliphatic heterocycles. The first-order valence-corrected chi connectivity index (χ1v) is 6.56. The largest absolute Gasteiger partial charge is 0.497 e. The van der Waals surface area contributed by atoms with Gasteiger partial charge in [0.05, 0.1) is 30.1 Å². The number of methoxy groups -OCH3 is 1. The molecule has 19 heavy (non-hydrogen) atoms. The fraction of sp³-hybridized carbons (Fsp3) is 0.0714. The molecule has 2 aromatic carbocycles. The molecule has 0 atom stereocenters. The molecule has 0 unspecified atom stereocenters. The third-order valence-corrected chi connectivity index (χ3v) is 3.29. The lowest BCUT2D eigenvalue weighted by molar-refractivity contribution is 0.414. The molecule has 0 saturated carbocycles. The Morgan fingerprint density at radius 1 is 1.11 bits per heavy atom. The van der Waals surface area contributed by atoms with Gasteiger partial charge in [0.2, 0.25) is 0 Å². The van der Waals surface area contributed by atoms with E-state index >= 15 is 0 Å². The van der Waals surface area contributed by atoms with Gasteiger partial charge >= 0.3 is 0 Å². The zero-order chi connectivity index (χ0) is 13.7. The van der Waals surface area contributed by atoms with Crippen LogP contribution in [0.1, 0.15) is 5.56 Å². The standard InChI is InChI=1S/C14H10IN3O/c1-19-12-6-7-14(13(15)8-12)18-17-11-4-2-10(9-16)3-5-11/h2-8H,1H3. The van der Waals surface area contributed by atoms with Gasteiger partial charge in [-0.3, -0.25) is 0 Å². The second-order valence-electron chi connectivity index (χ2n) is 3.68. The number of hydrogen-bond donors (Lipinski definition) is 0. The third kappa shape index (κ3) is 3.51. The van der Waals surface area contributed by atoms with Crippen LogP contribution in [0.5, 0.6) is 5.75 Å². The molecule has 0 fully saturated rings. The van der Waals surface area contributed by atoms with Crippen LogP contribution in [0.15, 0.2) is 52.7 Å². The van der Waals surface area contributed by atoms with Crippen LogP contribution in [-0.2, 0) is 0 Å². The maximum atomic E-state index is 8.71. The number of azo groups is 1. The zero-order valence-corrected chi connectivity index (χ0v) is 12.3. The molecular weight excluding hydrogens is 353 g/mol. The van der Waals surface area contributed by atoms with Crippen LogP contribution in [0.3, 0.4) is 0 Å². The summed E-state index contributed by atoms with van der Waals surface area (Å²) < 4.78 is 6.10. The predicted molar refractivity (Wildman–Crippen MR) is 81.0 cm³/mol. The van der Waals surface area contributed by atoms with E-state index in [-0.39, 0.29) is 0 Å². The molecule has 0 N–H and O–H groups in total. The summed E-state index contributed by atoms with van der Waals surface area (Å²) in [6.07, 6.45) is 0. The first-order valence-electron chi connectivity index (χ1n) is 5.48. The van der Waals surface area contributed by atoms with Crippen molar-refractivity contribution < 1.29 is 4.74 Å². The Balaban J connectivity index is 2.20.